The van der Waals surface area contributed by atoms with Crippen LogP contribution in [0.15, 0.2) is 47.5 Å². The lowest BCUT2D eigenvalue weighted by molar-refractivity contribution is 0.597. The lowest BCUT2D eigenvalue weighted by atomic mass is 10.1. The predicted molar refractivity (Wildman–Crippen MR) is 85.4 cm³/mol. The van der Waals surface area contributed by atoms with Crippen LogP contribution in [0.2, 0.25) is 0 Å². The van der Waals surface area contributed by atoms with Crippen LogP contribution in [0.1, 0.15) is 11.4 Å². The minimum atomic E-state index is -3.77. The number of pyridine rings is 1. The molecule has 0 spiro atoms. The van der Waals surface area contributed by atoms with Crippen LogP contribution in [0.5, 0.6) is 0 Å². The normalized spacial score (nSPS) is 11.6. The quantitative estimate of drug-likeness (QED) is 0.786. The smallest absolute Gasteiger partial charge is 0.236 e. The molecule has 0 atom stereocenters. The van der Waals surface area contributed by atoms with Crippen molar-refractivity contribution in [3.8, 4) is 17.2 Å². The van der Waals surface area contributed by atoms with E-state index in [0.29, 0.717) is 17.5 Å². The molecule has 0 bridgehead atoms. The largest absolute Gasteiger partial charge is 0.239 e. The van der Waals surface area contributed by atoms with Gasteiger partial charge in [0.1, 0.15) is 10.7 Å². The first kappa shape index (κ1) is 15.3. The third-order valence-electron chi connectivity index (χ3n) is 3.29. The van der Waals surface area contributed by atoms with Crippen LogP contribution in [0.25, 0.3) is 17.2 Å². The van der Waals surface area contributed by atoms with E-state index in [0.717, 1.165) is 11.1 Å². The lowest BCUT2D eigenvalue weighted by Crippen LogP contribution is -2.13. The summed E-state index contributed by atoms with van der Waals surface area (Å²) in [5, 5.41) is 9.42. The Morgan fingerprint density at radius 3 is 2.30 bits per heavy atom. The summed E-state index contributed by atoms with van der Waals surface area (Å²) in [6.07, 6.45) is 1.21. The van der Waals surface area contributed by atoms with Crippen LogP contribution in [0.4, 0.5) is 0 Å². The van der Waals surface area contributed by atoms with Gasteiger partial charge in [-0.15, -0.1) is 5.10 Å². The van der Waals surface area contributed by atoms with E-state index in [9.17, 15) is 8.42 Å². The minimum absolute atomic E-state index is 0.0463. The SMILES string of the molecule is Cc1ccc(-c2nc(C)nn2-c2ccc(S(N)(=O)=O)cn2)cc1. The van der Waals surface area contributed by atoms with Gasteiger partial charge >= 0.3 is 0 Å². The molecule has 2 aromatic heterocycles. The number of benzene rings is 1. The number of rotatable bonds is 3. The van der Waals surface area contributed by atoms with Gasteiger partial charge in [0.15, 0.2) is 11.6 Å². The second kappa shape index (κ2) is 5.56. The average Bonchev–Trinajstić information content (AvgIpc) is 2.89. The Bertz CT molecular complexity index is 945. The van der Waals surface area contributed by atoms with Crippen LogP contribution in [0.3, 0.4) is 0 Å². The van der Waals surface area contributed by atoms with Gasteiger partial charge in [-0.05, 0) is 26.0 Å². The molecule has 0 fully saturated rings. The molecular formula is C15H15N5O2S. The Morgan fingerprint density at radius 1 is 1.04 bits per heavy atom. The first-order valence-corrected chi connectivity index (χ1v) is 8.39. The molecule has 8 heteroatoms. The van der Waals surface area contributed by atoms with Crippen molar-refractivity contribution in [2.45, 2.75) is 18.7 Å². The predicted octanol–water partition coefficient (Wildman–Crippen LogP) is 1.59. The van der Waals surface area contributed by atoms with Crippen LogP contribution in [-0.4, -0.2) is 28.2 Å². The highest BCUT2D eigenvalue weighted by molar-refractivity contribution is 7.89. The maximum Gasteiger partial charge on any atom is 0.239 e. The Labute approximate surface area is 133 Å². The molecular weight excluding hydrogens is 314 g/mol. The molecule has 1 aromatic carbocycles. The summed E-state index contributed by atoms with van der Waals surface area (Å²) in [4.78, 5) is 8.51. The molecule has 0 aliphatic rings. The van der Waals surface area contributed by atoms with Crippen molar-refractivity contribution in [2.75, 3.05) is 0 Å². The molecule has 0 aliphatic carbocycles. The Hall–Kier alpha value is -2.58. The van der Waals surface area contributed by atoms with Gasteiger partial charge in [0, 0.05) is 11.8 Å². The molecule has 3 aromatic rings. The standard InChI is InChI=1S/C15H15N5O2S/c1-10-3-5-12(6-4-10)15-18-11(2)19-20(15)14-8-7-13(9-17-14)23(16,21)22/h3-9H,1-2H3,(H2,16,21,22). The van der Waals surface area contributed by atoms with Crippen LogP contribution in [-0.2, 0) is 10.0 Å². The topological polar surface area (TPSA) is 104 Å². The summed E-state index contributed by atoms with van der Waals surface area (Å²) >= 11 is 0. The number of primary sulfonamides is 1. The molecule has 2 heterocycles. The van der Waals surface area contributed by atoms with Gasteiger partial charge in [-0.3, -0.25) is 0 Å². The van der Waals surface area contributed by atoms with Crippen molar-refractivity contribution in [3.05, 3.63) is 54.0 Å². The first-order valence-electron chi connectivity index (χ1n) is 6.84. The van der Waals surface area contributed by atoms with Gasteiger partial charge in [-0.1, -0.05) is 29.8 Å². The molecule has 23 heavy (non-hydrogen) atoms. The van der Waals surface area contributed by atoms with Gasteiger partial charge in [0.05, 0.1) is 0 Å². The molecule has 118 valence electrons. The van der Waals surface area contributed by atoms with E-state index in [4.69, 9.17) is 5.14 Å². The van der Waals surface area contributed by atoms with E-state index < -0.39 is 10.0 Å². The number of aryl methyl sites for hydroxylation is 2. The Kier molecular flexibility index (Phi) is 3.70. The van der Waals surface area contributed by atoms with E-state index in [1.807, 2.05) is 31.2 Å². The molecule has 2 N–H and O–H groups in total. The minimum Gasteiger partial charge on any atom is -0.236 e. The fourth-order valence-corrected chi connectivity index (χ4v) is 2.59. The molecule has 0 saturated heterocycles. The van der Waals surface area contributed by atoms with E-state index >= 15 is 0 Å². The molecule has 3 rings (SSSR count). The zero-order valence-electron chi connectivity index (χ0n) is 12.6. The third-order valence-corrected chi connectivity index (χ3v) is 4.19. The van der Waals surface area contributed by atoms with Gasteiger partial charge in [0.2, 0.25) is 10.0 Å². The van der Waals surface area contributed by atoms with Crippen LogP contribution < -0.4 is 5.14 Å². The zero-order chi connectivity index (χ0) is 16.6. The highest BCUT2D eigenvalue weighted by atomic mass is 32.2. The summed E-state index contributed by atoms with van der Waals surface area (Å²) in [6, 6.07) is 10.8. The third kappa shape index (κ3) is 3.13. The Morgan fingerprint density at radius 2 is 1.74 bits per heavy atom. The van der Waals surface area contributed by atoms with E-state index in [1.165, 1.54) is 12.3 Å². The fraction of sp³-hybridized carbons (Fsp3) is 0.133. The number of nitrogens with two attached hydrogens (primary N) is 1. The van der Waals surface area contributed by atoms with Crippen molar-refractivity contribution in [1.29, 1.82) is 0 Å². The monoisotopic (exact) mass is 329 g/mol. The highest BCUT2D eigenvalue weighted by Crippen LogP contribution is 2.21. The molecule has 0 aliphatic heterocycles. The first-order chi connectivity index (χ1) is 10.8. The van der Waals surface area contributed by atoms with Crippen molar-refractivity contribution < 1.29 is 8.42 Å². The molecule has 0 amide bonds. The lowest BCUT2D eigenvalue weighted by Gasteiger charge is -2.06. The zero-order valence-corrected chi connectivity index (χ0v) is 13.4. The molecule has 0 saturated carbocycles. The highest BCUT2D eigenvalue weighted by Gasteiger charge is 2.14. The summed E-state index contributed by atoms with van der Waals surface area (Å²) in [5.41, 5.74) is 2.04. The molecule has 0 unspecified atom stereocenters. The molecule has 0 radical (unpaired) electrons. The molecule has 7 nitrogen and oxygen atoms in total. The van der Waals surface area contributed by atoms with Crippen molar-refractivity contribution in [2.24, 2.45) is 5.14 Å². The summed E-state index contributed by atoms with van der Waals surface area (Å²) in [5.74, 6) is 1.70. The van der Waals surface area contributed by atoms with Crippen molar-refractivity contribution >= 4 is 10.0 Å². The average molecular weight is 329 g/mol. The summed E-state index contributed by atoms with van der Waals surface area (Å²) < 4.78 is 24.2. The van der Waals surface area contributed by atoms with E-state index in [2.05, 4.69) is 15.1 Å². The summed E-state index contributed by atoms with van der Waals surface area (Å²) in [7, 11) is -3.77. The fourth-order valence-electron chi connectivity index (χ4n) is 2.13. The van der Waals surface area contributed by atoms with Gasteiger partial charge in [0.25, 0.3) is 0 Å². The maximum absolute atomic E-state index is 11.3. The van der Waals surface area contributed by atoms with Gasteiger partial charge in [-0.25, -0.2) is 23.5 Å². The summed E-state index contributed by atoms with van der Waals surface area (Å²) in [6.45, 7) is 3.79. The Balaban J connectivity index is 2.09. The van der Waals surface area contributed by atoms with Crippen molar-refractivity contribution in [1.82, 2.24) is 19.7 Å². The van der Waals surface area contributed by atoms with Gasteiger partial charge < -0.3 is 0 Å². The van der Waals surface area contributed by atoms with E-state index in [1.54, 1.807) is 17.7 Å². The number of nitrogens with zero attached hydrogens (tertiary/aromatic N) is 4. The number of aromatic nitrogens is 4. The second-order valence-electron chi connectivity index (χ2n) is 5.16. The van der Waals surface area contributed by atoms with E-state index in [-0.39, 0.29) is 4.90 Å². The van der Waals surface area contributed by atoms with Crippen molar-refractivity contribution in [3.63, 3.8) is 0 Å². The van der Waals surface area contributed by atoms with Crippen LogP contribution in [0, 0.1) is 13.8 Å². The number of hydrogen-bond donors (Lipinski definition) is 1. The van der Waals surface area contributed by atoms with Crippen LogP contribution >= 0.6 is 0 Å². The second-order valence-corrected chi connectivity index (χ2v) is 6.72. The number of hydrogen-bond acceptors (Lipinski definition) is 5. The number of sulfonamides is 1. The maximum atomic E-state index is 11.3. The van der Waals surface area contributed by atoms with Gasteiger partial charge in [-0.2, -0.15) is 4.68 Å².